The van der Waals surface area contributed by atoms with Crippen molar-refractivity contribution in [3.05, 3.63) is 96.1 Å². The lowest BCUT2D eigenvalue weighted by molar-refractivity contribution is -0.137. The molecule has 5 heterocycles. The number of nitrogens with zero attached hydrogens (tertiary/aromatic N) is 7. The van der Waals surface area contributed by atoms with Crippen molar-refractivity contribution in [2.75, 3.05) is 31.9 Å². The fourth-order valence-electron chi connectivity index (χ4n) is 4.86. The van der Waals surface area contributed by atoms with Crippen molar-refractivity contribution in [1.82, 2.24) is 34.4 Å². The normalized spacial score (nSPS) is 14.5. The van der Waals surface area contributed by atoms with E-state index in [9.17, 15) is 18.0 Å². The largest absolute Gasteiger partial charge is 0.419 e. The van der Waals surface area contributed by atoms with Crippen LogP contribution < -0.4 is 5.73 Å². The van der Waals surface area contributed by atoms with Crippen molar-refractivity contribution in [3.8, 4) is 22.5 Å². The maximum absolute atomic E-state index is 13.4. The Kier molecular flexibility index (Phi) is 6.83. The summed E-state index contributed by atoms with van der Waals surface area (Å²) in [4.78, 5) is 29.8. The van der Waals surface area contributed by atoms with Crippen molar-refractivity contribution in [2.45, 2.75) is 12.7 Å². The summed E-state index contributed by atoms with van der Waals surface area (Å²) in [5.74, 6) is -0.629. The molecule has 0 unspecified atom stereocenters. The highest BCUT2D eigenvalue weighted by atomic mass is 19.4. The van der Waals surface area contributed by atoms with E-state index in [-0.39, 0.29) is 17.2 Å². The Bertz CT molecular complexity index is 1700. The number of nitrogens with two attached hydrogens (primary N) is 1. The zero-order chi connectivity index (χ0) is 28.6. The minimum atomic E-state index is -4.64. The minimum absolute atomic E-state index is 0.0380. The monoisotopic (exact) mass is 558 g/mol. The Hall–Kier alpha value is -4.84. The molecule has 1 saturated heterocycles. The lowest BCUT2D eigenvalue weighted by Crippen LogP contribution is -2.48. The maximum atomic E-state index is 13.4. The Labute approximate surface area is 233 Å². The molecule has 6 rings (SSSR count). The van der Waals surface area contributed by atoms with Gasteiger partial charge in [-0.15, -0.1) is 0 Å². The van der Waals surface area contributed by atoms with Crippen molar-refractivity contribution >= 4 is 17.4 Å². The second-order valence-corrected chi connectivity index (χ2v) is 9.75. The molecule has 0 atom stereocenters. The molecule has 4 aromatic heterocycles. The quantitative estimate of drug-likeness (QED) is 0.341. The molecule has 0 saturated carbocycles. The van der Waals surface area contributed by atoms with Gasteiger partial charge in [0.2, 0.25) is 0 Å². The first kappa shape index (κ1) is 26.4. The molecule has 1 aliphatic rings. The van der Waals surface area contributed by atoms with E-state index < -0.39 is 17.6 Å². The summed E-state index contributed by atoms with van der Waals surface area (Å²) in [7, 11) is 0. The molecule has 41 heavy (non-hydrogen) atoms. The predicted octanol–water partition coefficient (Wildman–Crippen LogP) is 4.41. The average Bonchev–Trinajstić information content (AvgIpc) is 3.41. The van der Waals surface area contributed by atoms with Gasteiger partial charge >= 0.3 is 6.18 Å². The second kappa shape index (κ2) is 10.6. The number of anilines is 1. The van der Waals surface area contributed by atoms with Crippen LogP contribution in [0, 0.1) is 0 Å². The van der Waals surface area contributed by atoms with E-state index in [1.54, 1.807) is 41.2 Å². The summed E-state index contributed by atoms with van der Waals surface area (Å²) in [5.41, 5.74) is 8.37. The van der Waals surface area contributed by atoms with E-state index in [4.69, 9.17) is 5.73 Å². The number of fused-ring (bicyclic) bond motifs is 1. The molecule has 1 fully saturated rings. The molecule has 0 radical (unpaired) electrons. The molecule has 0 bridgehead atoms. The van der Waals surface area contributed by atoms with Crippen LogP contribution in [0.5, 0.6) is 0 Å². The van der Waals surface area contributed by atoms with E-state index >= 15 is 0 Å². The Morgan fingerprint density at radius 3 is 2.37 bits per heavy atom. The highest BCUT2D eigenvalue weighted by molar-refractivity contribution is 5.94. The van der Waals surface area contributed by atoms with E-state index in [1.165, 1.54) is 6.20 Å². The lowest BCUT2D eigenvalue weighted by atomic mass is 10.1. The van der Waals surface area contributed by atoms with E-state index in [2.05, 4.69) is 25.0 Å². The van der Waals surface area contributed by atoms with Gasteiger partial charge in [-0.05, 0) is 42.5 Å². The number of halogens is 3. The molecule has 5 aromatic rings. The number of imidazole rings is 1. The maximum Gasteiger partial charge on any atom is 0.419 e. The van der Waals surface area contributed by atoms with Gasteiger partial charge in [-0.1, -0.05) is 18.2 Å². The number of carbonyl (C=O) groups excluding carboxylic acids is 1. The summed E-state index contributed by atoms with van der Waals surface area (Å²) in [6.07, 6.45) is 0.0367. The van der Waals surface area contributed by atoms with Crippen LogP contribution in [0.2, 0.25) is 0 Å². The first-order valence-electron chi connectivity index (χ1n) is 13.0. The number of carbonyl (C=O) groups is 1. The molecule has 208 valence electrons. The highest BCUT2D eigenvalue weighted by Gasteiger charge is 2.34. The zero-order valence-electron chi connectivity index (χ0n) is 21.8. The number of aromatic nitrogens is 5. The molecular formula is C29H25F3N8O. The van der Waals surface area contributed by atoms with E-state index in [0.29, 0.717) is 30.0 Å². The molecule has 12 heteroatoms. The molecule has 1 aliphatic heterocycles. The third kappa shape index (κ3) is 5.46. The van der Waals surface area contributed by atoms with Crippen molar-refractivity contribution < 1.29 is 18.0 Å². The molecular weight excluding hydrogens is 533 g/mol. The number of nitrogen functional groups attached to an aromatic ring is 1. The Balaban J connectivity index is 1.18. The van der Waals surface area contributed by atoms with E-state index in [0.717, 1.165) is 37.0 Å². The van der Waals surface area contributed by atoms with E-state index in [1.807, 2.05) is 35.2 Å². The van der Waals surface area contributed by atoms with Crippen LogP contribution in [0.25, 0.3) is 28.2 Å². The van der Waals surface area contributed by atoms with Crippen LogP contribution >= 0.6 is 0 Å². The minimum Gasteiger partial charge on any atom is -0.383 e. The summed E-state index contributed by atoms with van der Waals surface area (Å²) in [5, 5.41) is 4.52. The summed E-state index contributed by atoms with van der Waals surface area (Å²) in [6.45, 7) is 3.55. The Morgan fingerprint density at radius 2 is 1.66 bits per heavy atom. The molecule has 9 nitrogen and oxygen atoms in total. The van der Waals surface area contributed by atoms with Crippen molar-refractivity contribution in [2.24, 2.45) is 0 Å². The first-order chi connectivity index (χ1) is 19.8. The van der Waals surface area contributed by atoms with Crippen molar-refractivity contribution in [3.63, 3.8) is 0 Å². The van der Waals surface area contributed by atoms with Crippen LogP contribution in [-0.4, -0.2) is 66.5 Å². The third-order valence-electron chi connectivity index (χ3n) is 7.08. The highest BCUT2D eigenvalue weighted by Crippen LogP contribution is 2.35. The number of pyridine rings is 2. The number of benzene rings is 1. The number of hydrogen-bond donors (Lipinski definition) is 1. The average molecular weight is 559 g/mol. The number of alkyl halides is 3. The van der Waals surface area contributed by atoms with Gasteiger partial charge in [-0.25, -0.2) is 14.5 Å². The molecule has 1 amide bonds. The molecule has 0 aliphatic carbocycles. The van der Waals surface area contributed by atoms with Gasteiger partial charge in [0.1, 0.15) is 5.82 Å². The lowest BCUT2D eigenvalue weighted by Gasteiger charge is -2.34. The topological polar surface area (TPSA) is 106 Å². The van der Waals surface area contributed by atoms with Crippen molar-refractivity contribution in [1.29, 1.82) is 0 Å². The third-order valence-corrected chi connectivity index (χ3v) is 7.08. The Morgan fingerprint density at radius 1 is 0.878 bits per heavy atom. The predicted molar refractivity (Wildman–Crippen MR) is 146 cm³/mol. The fourth-order valence-corrected chi connectivity index (χ4v) is 4.86. The van der Waals surface area contributed by atoms with Crippen LogP contribution in [-0.2, 0) is 12.7 Å². The van der Waals surface area contributed by atoms with Gasteiger partial charge in [0.25, 0.3) is 5.91 Å². The van der Waals surface area contributed by atoms with Gasteiger partial charge in [0.15, 0.2) is 5.65 Å². The number of amides is 1. The van der Waals surface area contributed by atoms with Crippen LogP contribution in [0.3, 0.4) is 0 Å². The molecule has 0 spiro atoms. The van der Waals surface area contributed by atoms with Gasteiger partial charge < -0.3 is 10.6 Å². The molecule has 1 aromatic carbocycles. The fraction of sp³-hybridized carbons (Fsp3) is 0.207. The first-order valence-corrected chi connectivity index (χ1v) is 13.0. The van der Waals surface area contributed by atoms with Gasteiger partial charge in [-0.3, -0.25) is 14.7 Å². The van der Waals surface area contributed by atoms with Crippen LogP contribution in [0.4, 0.5) is 19.0 Å². The van der Waals surface area contributed by atoms with Gasteiger partial charge in [0.05, 0.1) is 28.8 Å². The summed E-state index contributed by atoms with van der Waals surface area (Å²) < 4.78 is 41.6. The summed E-state index contributed by atoms with van der Waals surface area (Å²) in [6, 6.07) is 17.2. The number of piperazine rings is 1. The molecule has 2 N–H and O–H groups in total. The standard InChI is InChI=1S/C29H25F3N8O/c30-29(31,32)23-15-21(16-36-27(23)33)24-8-9-26-35-17-25(40(26)37-24)19-4-6-20(7-5-19)28(41)39-13-11-38(12-14-39)18-22-3-1-2-10-34-22/h1-10,15-17H,11-14,18H2,(H2,33,36). The van der Waals surface area contributed by atoms with Gasteiger partial charge in [-0.2, -0.15) is 18.3 Å². The smallest absolute Gasteiger partial charge is 0.383 e. The number of rotatable bonds is 5. The summed E-state index contributed by atoms with van der Waals surface area (Å²) >= 11 is 0. The second-order valence-electron chi connectivity index (χ2n) is 9.75. The number of hydrogen-bond acceptors (Lipinski definition) is 7. The van der Waals surface area contributed by atoms with Gasteiger partial charge in [0, 0.05) is 61.8 Å². The van der Waals surface area contributed by atoms with Crippen LogP contribution in [0.15, 0.2) is 79.3 Å². The van der Waals surface area contributed by atoms with Crippen LogP contribution in [0.1, 0.15) is 21.6 Å². The zero-order valence-corrected chi connectivity index (χ0v) is 21.8. The SMILES string of the molecule is Nc1ncc(-c2ccc3ncc(-c4ccc(C(=O)N5CCN(Cc6ccccn6)CC5)cc4)n3n2)cc1C(F)(F)F.